The maximum absolute atomic E-state index is 8.79. The van der Waals surface area contributed by atoms with Crippen LogP contribution in [0.1, 0.15) is 84.0 Å². The standard InChI is InChI=1S/C24H47NO4/c1-3-4-5-6-7-8-9-10-11-12-13-14-15-16-17-18-19-27-23-28-21-24(20-25-2)29-22-26/h7-8,10-11,24-26H,3-6,9,12-23H2,1-2H3/b8-7-,11-10-. The highest BCUT2D eigenvalue weighted by Crippen LogP contribution is 2.08. The van der Waals surface area contributed by atoms with Crippen LogP contribution < -0.4 is 5.32 Å². The third kappa shape index (κ3) is 23.4. The molecule has 5 nitrogen and oxygen atoms in total. The fraction of sp³-hybridized carbons (Fsp3) is 0.833. The topological polar surface area (TPSA) is 60.0 Å². The highest BCUT2D eigenvalue weighted by atomic mass is 16.7. The van der Waals surface area contributed by atoms with Crippen molar-refractivity contribution >= 4 is 0 Å². The average molecular weight is 414 g/mol. The third-order valence-electron chi connectivity index (χ3n) is 4.70. The average Bonchev–Trinajstić information content (AvgIpc) is 2.72. The number of likely N-dealkylation sites (N-methyl/N-ethyl adjacent to an activating group) is 1. The molecule has 0 spiro atoms. The second-order valence-electron chi connectivity index (χ2n) is 7.46. The molecule has 0 rings (SSSR count). The lowest BCUT2D eigenvalue weighted by Gasteiger charge is -2.16. The molecular formula is C24H47NO4. The van der Waals surface area contributed by atoms with Crippen LogP contribution in [0.4, 0.5) is 0 Å². The van der Waals surface area contributed by atoms with Gasteiger partial charge in [0, 0.05) is 13.2 Å². The lowest BCUT2D eigenvalue weighted by atomic mass is 10.1. The quantitative estimate of drug-likeness (QED) is 0.134. The van der Waals surface area contributed by atoms with Crippen molar-refractivity contribution in [1.29, 1.82) is 0 Å². The summed E-state index contributed by atoms with van der Waals surface area (Å²) >= 11 is 0. The first kappa shape index (κ1) is 28.3. The maximum atomic E-state index is 8.79. The van der Waals surface area contributed by atoms with Crippen LogP contribution in [-0.2, 0) is 14.2 Å². The van der Waals surface area contributed by atoms with Crippen LogP contribution >= 0.6 is 0 Å². The third-order valence-corrected chi connectivity index (χ3v) is 4.70. The minimum atomic E-state index is -0.288. The highest BCUT2D eigenvalue weighted by Gasteiger charge is 2.07. The summed E-state index contributed by atoms with van der Waals surface area (Å²) in [5.74, 6) is 0. The fourth-order valence-electron chi connectivity index (χ4n) is 2.99. The minimum absolute atomic E-state index is 0.143. The van der Waals surface area contributed by atoms with Gasteiger partial charge in [0.1, 0.15) is 13.6 Å². The summed E-state index contributed by atoms with van der Waals surface area (Å²) in [6, 6.07) is 0. The summed E-state index contributed by atoms with van der Waals surface area (Å²) in [5, 5.41) is 11.8. The van der Waals surface area contributed by atoms with Gasteiger partial charge in [-0.05, 0) is 45.6 Å². The molecule has 0 fully saturated rings. The van der Waals surface area contributed by atoms with Crippen molar-refractivity contribution in [2.75, 3.05) is 40.4 Å². The van der Waals surface area contributed by atoms with Crippen molar-refractivity contribution in [1.82, 2.24) is 5.32 Å². The zero-order valence-electron chi connectivity index (χ0n) is 19.1. The molecule has 5 heteroatoms. The molecule has 0 aromatic rings. The molecule has 0 aromatic carbocycles. The summed E-state index contributed by atoms with van der Waals surface area (Å²) in [5.41, 5.74) is 0. The van der Waals surface area contributed by atoms with Gasteiger partial charge in [0.25, 0.3) is 0 Å². The molecule has 1 unspecified atom stereocenters. The van der Waals surface area contributed by atoms with Crippen molar-refractivity contribution < 1.29 is 19.3 Å². The first-order valence-electron chi connectivity index (χ1n) is 11.7. The van der Waals surface area contributed by atoms with Crippen LogP contribution in [0.5, 0.6) is 0 Å². The van der Waals surface area contributed by atoms with E-state index >= 15 is 0 Å². The molecule has 0 aliphatic carbocycles. The number of rotatable bonds is 23. The number of aliphatic hydroxyl groups excluding tert-OH is 1. The smallest absolute Gasteiger partial charge is 0.146 e. The molecule has 0 aliphatic rings. The molecule has 2 N–H and O–H groups in total. The zero-order valence-corrected chi connectivity index (χ0v) is 19.1. The first-order chi connectivity index (χ1) is 14.3. The largest absolute Gasteiger partial charge is 0.371 e. The Morgan fingerprint density at radius 1 is 0.828 bits per heavy atom. The molecular weight excluding hydrogens is 366 g/mol. The molecule has 0 aliphatic heterocycles. The number of aliphatic hydroxyl groups is 1. The monoisotopic (exact) mass is 413 g/mol. The Balaban J connectivity index is 3.24. The summed E-state index contributed by atoms with van der Waals surface area (Å²) in [6.07, 6.45) is 24.1. The predicted octanol–water partition coefficient (Wildman–Crippen LogP) is 5.35. The van der Waals surface area contributed by atoms with E-state index in [4.69, 9.17) is 19.3 Å². The van der Waals surface area contributed by atoms with Crippen LogP contribution in [0, 0.1) is 0 Å². The Morgan fingerprint density at radius 2 is 1.48 bits per heavy atom. The van der Waals surface area contributed by atoms with Gasteiger partial charge >= 0.3 is 0 Å². The Morgan fingerprint density at radius 3 is 2.14 bits per heavy atom. The van der Waals surface area contributed by atoms with E-state index in [9.17, 15) is 0 Å². The fourth-order valence-corrected chi connectivity index (χ4v) is 2.99. The molecule has 29 heavy (non-hydrogen) atoms. The molecule has 0 aromatic heterocycles. The van der Waals surface area contributed by atoms with Crippen LogP contribution in [0.2, 0.25) is 0 Å². The van der Waals surface area contributed by atoms with Gasteiger partial charge in [0.05, 0.1) is 12.7 Å². The molecule has 172 valence electrons. The van der Waals surface area contributed by atoms with Crippen LogP contribution in [0.3, 0.4) is 0 Å². The van der Waals surface area contributed by atoms with Gasteiger partial charge in [0.15, 0.2) is 0 Å². The van der Waals surface area contributed by atoms with Gasteiger partial charge in [-0.15, -0.1) is 0 Å². The van der Waals surface area contributed by atoms with Gasteiger partial charge in [-0.25, -0.2) is 0 Å². The van der Waals surface area contributed by atoms with Crippen molar-refractivity contribution in [3.8, 4) is 0 Å². The highest BCUT2D eigenvalue weighted by molar-refractivity contribution is 4.92. The number of allylic oxidation sites excluding steroid dienone is 4. The van der Waals surface area contributed by atoms with Crippen LogP contribution in [0.15, 0.2) is 24.3 Å². The number of hydrogen-bond donors (Lipinski definition) is 2. The first-order valence-corrected chi connectivity index (χ1v) is 11.7. The van der Waals surface area contributed by atoms with E-state index in [2.05, 4.69) is 36.5 Å². The molecule has 0 saturated carbocycles. The van der Waals surface area contributed by atoms with E-state index in [1.807, 2.05) is 7.05 Å². The molecule has 0 bridgehead atoms. The Kier molecular flexibility index (Phi) is 24.7. The van der Waals surface area contributed by atoms with Gasteiger partial charge in [-0.1, -0.05) is 69.8 Å². The number of ether oxygens (including phenoxy) is 3. The molecule has 0 saturated heterocycles. The Hall–Kier alpha value is -0.720. The van der Waals surface area contributed by atoms with E-state index in [0.717, 1.165) is 19.4 Å². The van der Waals surface area contributed by atoms with Gasteiger partial charge in [-0.3, -0.25) is 0 Å². The summed E-state index contributed by atoms with van der Waals surface area (Å²) in [4.78, 5) is 0. The minimum Gasteiger partial charge on any atom is -0.371 e. The molecule has 0 amide bonds. The lowest BCUT2D eigenvalue weighted by Crippen LogP contribution is -2.31. The number of unbranched alkanes of at least 4 members (excludes halogenated alkanes) is 9. The van der Waals surface area contributed by atoms with Crippen molar-refractivity contribution in [3.05, 3.63) is 24.3 Å². The van der Waals surface area contributed by atoms with E-state index in [1.54, 1.807) is 0 Å². The second-order valence-corrected chi connectivity index (χ2v) is 7.46. The van der Waals surface area contributed by atoms with Crippen molar-refractivity contribution in [2.24, 2.45) is 0 Å². The van der Waals surface area contributed by atoms with Gasteiger partial charge in [0.2, 0.25) is 0 Å². The van der Waals surface area contributed by atoms with E-state index in [0.29, 0.717) is 13.2 Å². The Bertz CT molecular complexity index is 355. The summed E-state index contributed by atoms with van der Waals surface area (Å²) in [7, 11) is 1.84. The lowest BCUT2D eigenvalue weighted by molar-refractivity contribution is -0.116. The molecule has 0 heterocycles. The summed E-state index contributed by atoms with van der Waals surface area (Å²) in [6.45, 7) is 4.06. The predicted molar refractivity (Wildman–Crippen MR) is 122 cm³/mol. The van der Waals surface area contributed by atoms with Crippen molar-refractivity contribution in [3.63, 3.8) is 0 Å². The summed E-state index contributed by atoms with van der Waals surface area (Å²) < 4.78 is 16.0. The SMILES string of the molecule is CCCCC/C=C\C/C=C\CCCCCCCCOCOCC(CNC)OCO. The van der Waals surface area contributed by atoms with E-state index in [-0.39, 0.29) is 19.7 Å². The van der Waals surface area contributed by atoms with E-state index in [1.165, 1.54) is 64.2 Å². The molecule has 0 radical (unpaired) electrons. The van der Waals surface area contributed by atoms with Gasteiger partial charge < -0.3 is 24.6 Å². The van der Waals surface area contributed by atoms with Crippen LogP contribution in [0.25, 0.3) is 0 Å². The second kappa shape index (κ2) is 25.3. The normalized spacial score (nSPS) is 13.1. The van der Waals surface area contributed by atoms with Crippen molar-refractivity contribution in [2.45, 2.75) is 90.1 Å². The van der Waals surface area contributed by atoms with E-state index < -0.39 is 0 Å². The Labute approximate surface area is 179 Å². The maximum Gasteiger partial charge on any atom is 0.146 e. The molecule has 1 atom stereocenters. The number of hydrogen-bond acceptors (Lipinski definition) is 5. The zero-order chi connectivity index (χ0) is 21.3. The van der Waals surface area contributed by atoms with Crippen LogP contribution in [-0.4, -0.2) is 51.6 Å². The number of nitrogens with one attached hydrogen (secondary N) is 1. The van der Waals surface area contributed by atoms with Gasteiger partial charge in [-0.2, -0.15) is 0 Å².